The van der Waals surface area contributed by atoms with Crippen molar-refractivity contribution in [3.05, 3.63) is 58.3 Å². The van der Waals surface area contributed by atoms with Crippen LogP contribution in [0.15, 0.2) is 46.9 Å². The van der Waals surface area contributed by atoms with Crippen molar-refractivity contribution in [1.29, 1.82) is 0 Å². The second-order valence-electron chi connectivity index (χ2n) is 4.87. The van der Waals surface area contributed by atoms with E-state index in [1.54, 1.807) is 6.07 Å². The maximum absolute atomic E-state index is 13.3. The van der Waals surface area contributed by atoms with Crippen molar-refractivity contribution in [2.45, 2.75) is 18.9 Å². The summed E-state index contributed by atoms with van der Waals surface area (Å²) in [6.45, 7) is 0. The van der Waals surface area contributed by atoms with Crippen LogP contribution in [0.5, 0.6) is 5.75 Å². The summed E-state index contributed by atoms with van der Waals surface area (Å²) >= 11 is 3.30. The number of ether oxygens (including phenoxy) is 1. The SMILES string of the molecule is O=C1Nc2ccccc2CCC1Oc1cc(F)ccc1Br. The van der Waals surface area contributed by atoms with Gasteiger partial charge in [-0.25, -0.2) is 4.39 Å². The zero-order chi connectivity index (χ0) is 14.8. The van der Waals surface area contributed by atoms with Gasteiger partial charge in [-0.05, 0) is 52.5 Å². The van der Waals surface area contributed by atoms with Crippen molar-refractivity contribution in [3.63, 3.8) is 0 Å². The number of benzene rings is 2. The van der Waals surface area contributed by atoms with Crippen molar-refractivity contribution >= 4 is 27.5 Å². The molecule has 1 heterocycles. The van der Waals surface area contributed by atoms with E-state index in [9.17, 15) is 9.18 Å². The van der Waals surface area contributed by atoms with Gasteiger partial charge in [-0.1, -0.05) is 18.2 Å². The number of carbonyl (C=O) groups excluding carboxylic acids is 1. The van der Waals surface area contributed by atoms with Gasteiger partial charge < -0.3 is 10.1 Å². The van der Waals surface area contributed by atoms with Gasteiger partial charge in [0.05, 0.1) is 4.47 Å². The Hall–Kier alpha value is -1.88. The summed E-state index contributed by atoms with van der Waals surface area (Å²) in [6, 6.07) is 11.8. The first-order valence-corrected chi connectivity index (χ1v) is 7.43. The Kier molecular flexibility index (Phi) is 3.92. The van der Waals surface area contributed by atoms with Crippen LogP contribution < -0.4 is 10.1 Å². The standard InChI is InChI=1S/C16H13BrFNO2/c17-12-7-6-11(18)9-15(12)21-14-8-5-10-3-1-2-4-13(10)19-16(14)20/h1-4,6-7,9,14H,5,8H2,(H,19,20). The minimum Gasteiger partial charge on any atom is -0.479 e. The summed E-state index contributed by atoms with van der Waals surface area (Å²) in [5, 5.41) is 2.85. The number of rotatable bonds is 2. The molecule has 0 aliphatic carbocycles. The third-order valence-electron chi connectivity index (χ3n) is 3.41. The molecule has 1 unspecified atom stereocenters. The lowest BCUT2D eigenvalue weighted by molar-refractivity contribution is -0.122. The van der Waals surface area contributed by atoms with Gasteiger partial charge in [-0.15, -0.1) is 0 Å². The summed E-state index contributed by atoms with van der Waals surface area (Å²) in [6.07, 6.45) is 0.633. The number of aryl methyl sites for hydroxylation is 1. The van der Waals surface area contributed by atoms with E-state index >= 15 is 0 Å². The number of hydrogen-bond donors (Lipinski definition) is 1. The molecule has 0 fully saturated rings. The summed E-state index contributed by atoms with van der Waals surface area (Å²) in [4.78, 5) is 12.2. The van der Waals surface area contributed by atoms with Crippen molar-refractivity contribution in [1.82, 2.24) is 0 Å². The fourth-order valence-corrected chi connectivity index (χ4v) is 2.66. The lowest BCUT2D eigenvalue weighted by Crippen LogP contribution is -2.31. The zero-order valence-corrected chi connectivity index (χ0v) is 12.7. The molecule has 3 rings (SSSR count). The Balaban J connectivity index is 1.81. The largest absolute Gasteiger partial charge is 0.479 e. The van der Waals surface area contributed by atoms with Crippen molar-refractivity contribution in [3.8, 4) is 5.75 Å². The maximum atomic E-state index is 13.3. The van der Waals surface area contributed by atoms with Crippen LogP contribution in [0.25, 0.3) is 0 Å². The number of nitrogens with one attached hydrogen (secondary N) is 1. The zero-order valence-electron chi connectivity index (χ0n) is 11.1. The first-order valence-electron chi connectivity index (χ1n) is 6.64. The van der Waals surface area contributed by atoms with Gasteiger partial charge >= 0.3 is 0 Å². The molecular weight excluding hydrogens is 337 g/mol. The lowest BCUT2D eigenvalue weighted by atomic mass is 10.1. The number of anilines is 1. The molecule has 108 valence electrons. The molecule has 0 saturated carbocycles. The van der Waals surface area contributed by atoms with Crippen LogP contribution in [-0.4, -0.2) is 12.0 Å². The van der Waals surface area contributed by atoms with Crippen LogP contribution in [0.2, 0.25) is 0 Å². The molecular formula is C16H13BrFNO2. The predicted octanol–water partition coefficient (Wildman–Crippen LogP) is 3.92. The Morgan fingerprint density at radius 2 is 2.05 bits per heavy atom. The summed E-state index contributed by atoms with van der Waals surface area (Å²) in [5.41, 5.74) is 1.89. The van der Waals surface area contributed by atoms with E-state index in [4.69, 9.17) is 4.74 Å². The molecule has 21 heavy (non-hydrogen) atoms. The Bertz CT molecular complexity index is 690. The highest BCUT2D eigenvalue weighted by atomic mass is 79.9. The van der Waals surface area contributed by atoms with E-state index < -0.39 is 11.9 Å². The second kappa shape index (κ2) is 5.85. The minimum absolute atomic E-state index is 0.212. The summed E-state index contributed by atoms with van der Waals surface area (Å²) in [7, 11) is 0. The number of para-hydroxylation sites is 1. The molecule has 2 aromatic carbocycles. The van der Waals surface area contributed by atoms with E-state index in [-0.39, 0.29) is 5.91 Å². The van der Waals surface area contributed by atoms with Gasteiger partial charge in [0.1, 0.15) is 11.6 Å². The fraction of sp³-hybridized carbons (Fsp3) is 0.188. The predicted molar refractivity (Wildman–Crippen MR) is 81.9 cm³/mol. The van der Waals surface area contributed by atoms with Gasteiger partial charge in [0.25, 0.3) is 5.91 Å². The molecule has 1 atom stereocenters. The lowest BCUT2D eigenvalue weighted by Gasteiger charge is -2.17. The van der Waals surface area contributed by atoms with Crippen LogP contribution in [0.1, 0.15) is 12.0 Å². The summed E-state index contributed by atoms with van der Waals surface area (Å²) in [5.74, 6) is -0.275. The van der Waals surface area contributed by atoms with E-state index in [1.165, 1.54) is 12.1 Å². The molecule has 0 bridgehead atoms. The Labute approximate surface area is 130 Å². The number of amides is 1. The molecule has 0 spiro atoms. The topological polar surface area (TPSA) is 38.3 Å². The molecule has 2 aromatic rings. The molecule has 1 aliphatic rings. The van der Waals surface area contributed by atoms with Gasteiger partial charge in [-0.3, -0.25) is 4.79 Å². The second-order valence-corrected chi connectivity index (χ2v) is 5.72. The van der Waals surface area contributed by atoms with Crippen LogP contribution in [0, 0.1) is 5.82 Å². The molecule has 1 aliphatic heterocycles. The fourth-order valence-electron chi connectivity index (χ4n) is 2.32. The average molecular weight is 350 g/mol. The van der Waals surface area contributed by atoms with Crippen molar-refractivity contribution in [2.24, 2.45) is 0 Å². The molecule has 3 nitrogen and oxygen atoms in total. The highest BCUT2D eigenvalue weighted by molar-refractivity contribution is 9.10. The third kappa shape index (κ3) is 3.08. The molecule has 0 saturated heterocycles. The van der Waals surface area contributed by atoms with E-state index in [1.807, 2.05) is 24.3 Å². The third-order valence-corrected chi connectivity index (χ3v) is 4.06. The van der Waals surface area contributed by atoms with E-state index in [2.05, 4.69) is 21.2 Å². The van der Waals surface area contributed by atoms with Crippen LogP contribution in [0.3, 0.4) is 0 Å². The van der Waals surface area contributed by atoms with Gasteiger partial charge in [-0.2, -0.15) is 0 Å². The number of hydrogen-bond acceptors (Lipinski definition) is 2. The number of fused-ring (bicyclic) bond motifs is 1. The monoisotopic (exact) mass is 349 g/mol. The smallest absolute Gasteiger partial charge is 0.265 e. The molecule has 0 radical (unpaired) electrons. The molecule has 0 aromatic heterocycles. The molecule has 1 N–H and O–H groups in total. The van der Waals surface area contributed by atoms with Gasteiger partial charge in [0.15, 0.2) is 6.10 Å². The average Bonchev–Trinajstić information content (AvgIpc) is 2.62. The normalized spacial score (nSPS) is 17.6. The Morgan fingerprint density at radius 1 is 1.24 bits per heavy atom. The van der Waals surface area contributed by atoms with Crippen LogP contribution in [0.4, 0.5) is 10.1 Å². The van der Waals surface area contributed by atoms with Crippen LogP contribution in [-0.2, 0) is 11.2 Å². The van der Waals surface area contributed by atoms with Gasteiger partial charge in [0, 0.05) is 11.8 Å². The molecule has 1 amide bonds. The highest BCUT2D eigenvalue weighted by Crippen LogP contribution is 2.29. The number of carbonyl (C=O) groups is 1. The first-order chi connectivity index (χ1) is 10.1. The van der Waals surface area contributed by atoms with Crippen molar-refractivity contribution in [2.75, 3.05) is 5.32 Å². The first kappa shape index (κ1) is 14.1. The molecule has 5 heteroatoms. The van der Waals surface area contributed by atoms with E-state index in [0.717, 1.165) is 17.7 Å². The maximum Gasteiger partial charge on any atom is 0.265 e. The number of halogens is 2. The summed E-state index contributed by atoms with van der Waals surface area (Å²) < 4.78 is 19.6. The quantitative estimate of drug-likeness (QED) is 0.892. The van der Waals surface area contributed by atoms with Gasteiger partial charge in [0.2, 0.25) is 0 Å². The van der Waals surface area contributed by atoms with Crippen molar-refractivity contribution < 1.29 is 13.9 Å². The minimum atomic E-state index is -0.643. The van der Waals surface area contributed by atoms with Crippen LogP contribution >= 0.6 is 15.9 Å². The van der Waals surface area contributed by atoms with E-state index in [0.29, 0.717) is 16.6 Å². The Morgan fingerprint density at radius 3 is 2.90 bits per heavy atom. The highest BCUT2D eigenvalue weighted by Gasteiger charge is 2.25.